The molecule has 2 aliphatic heterocycles. The Bertz CT molecular complexity index is 2320. The van der Waals surface area contributed by atoms with E-state index in [0.29, 0.717) is 25.7 Å². The van der Waals surface area contributed by atoms with E-state index >= 15 is 0 Å². The molecule has 6 rings (SSSR count). The van der Waals surface area contributed by atoms with Gasteiger partial charge in [-0.25, -0.2) is 0 Å². The Kier molecular flexibility index (Phi) is 19.5. The smallest absolute Gasteiger partial charge is 0.306 e. The van der Waals surface area contributed by atoms with E-state index in [1.54, 1.807) is 30.5 Å². The van der Waals surface area contributed by atoms with Crippen molar-refractivity contribution in [3.63, 3.8) is 0 Å². The van der Waals surface area contributed by atoms with Gasteiger partial charge in [-0.1, -0.05) is 80.6 Å². The molecule has 1 aliphatic carbocycles. The van der Waals surface area contributed by atoms with Crippen LogP contribution >= 0.6 is 0 Å². The number of carbonyl (C=O) groups is 8. The molecule has 1 saturated carbocycles. The third kappa shape index (κ3) is 15.3. The lowest BCUT2D eigenvalue weighted by atomic mass is 9.84. The Morgan fingerprint density at radius 2 is 1.53 bits per heavy atom. The van der Waals surface area contributed by atoms with Gasteiger partial charge in [0.25, 0.3) is 0 Å². The SMILES string of the molecule is COC(=O)CCC(=O)N[C@@H](Cc1ccccc1)C(=O)N[C@H]1CCCNC(=O)C(CCCNC(=N)N)NC(=O)C(Cc2c[nH]c3ccccc23)NC(=O)[C@@H](CC2CCCCC2)NC(=O)C2CCCN2C1=O. The maximum absolute atomic E-state index is 14.8. The van der Waals surface area contributed by atoms with Gasteiger partial charge in [-0.2, -0.15) is 0 Å². The van der Waals surface area contributed by atoms with Crippen molar-refractivity contribution in [1.29, 1.82) is 5.41 Å². The Morgan fingerprint density at radius 3 is 2.29 bits per heavy atom. The lowest BCUT2D eigenvalue weighted by molar-refractivity contribution is -0.143. The van der Waals surface area contributed by atoms with Crippen molar-refractivity contribution in [3.05, 3.63) is 71.9 Å². The molecule has 2 saturated heterocycles. The first-order valence-corrected chi connectivity index (χ1v) is 24.6. The lowest BCUT2D eigenvalue weighted by Gasteiger charge is -2.32. The van der Waals surface area contributed by atoms with Gasteiger partial charge in [0.2, 0.25) is 41.4 Å². The molecular weight excluding hydrogens is 899 g/mol. The summed E-state index contributed by atoms with van der Waals surface area (Å²) in [5.41, 5.74) is 7.83. The highest BCUT2D eigenvalue weighted by Gasteiger charge is 2.41. The van der Waals surface area contributed by atoms with Crippen LogP contribution in [-0.4, -0.2) is 126 Å². The maximum atomic E-state index is 14.8. The molecule has 0 radical (unpaired) electrons. The van der Waals surface area contributed by atoms with Crippen molar-refractivity contribution in [1.82, 2.24) is 47.1 Å². The summed E-state index contributed by atoms with van der Waals surface area (Å²) in [6.07, 6.45) is 7.94. The molecule has 0 spiro atoms. The maximum Gasteiger partial charge on any atom is 0.306 e. The van der Waals surface area contributed by atoms with Gasteiger partial charge in [-0.3, -0.25) is 43.8 Å². The molecule has 70 heavy (non-hydrogen) atoms. The van der Waals surface area contributed by atoms with E-state index in [4.69, 9.17) is 11.1 Å². The summed E-state index contributed by atoms with van der Waals surface area (Å²) in [4.78, 5) is 116. The number of guanidine groups is 1. The van der Waals surface area contributed by atoms with Crippen LogP contribution in [0.15, 0.2) is 60.8 Å². The number of aromatic amines is 1. The van der Waals surface area contributed by atoms with Crippen molar-refractivity contribution >= 4 is 64.2 Å². The van der Waals surface area contributed by atoms with E-state index in [1.807, 2.05) is 30.3 Å². The van der Waals surface area contributed by atoms with Crippen LogP contribution in [0.5, 0.6) is 0 Å². The molecule has 7 amide bonds. The van der Waals surface area contributed by atoms with E-state index < -0.39 is 83.6 Å². The Morgan fingerprint density at radius 1 is 0.814 bits per heavy atom. The highest BCUT2D eigenvalue weighted by atomic mass is 16.5. The van der Waals surface area contributed by atoms with Gasteiger partial charge in [0.05, 0.1) is 13.5 Å². The van der Waals surface area contributed by atoms with Crippen molar-refractivity contribution < 1.29 is 43.1 Å². The molecule has 0 bridgehead atoms. The predicted molar refractivity (Wildman–Crippen MR) is 260 cm³/mol. The topological polar surface area (TPSA) is 299 Å². The Balaban J connectivity index is 1.30. The fraction of sp³-hybridized carbons (Fsp3) is 0.540. The number of carbonyl (C=O) groups excluding carboxylic acids is 8. The number of fused-ring (bicyclic) bond motifs is 2. The summed E-state index contributed by atoms with van der Waals surface area (Å²) in [7, 11) is 1.21. The monoisotopic (exact) mass is 968 g/mol. The average Bonchev–Trinajstić information content (AvgIpc) is 4.02. The largest absolute Gasteiger partial charge is 0.469 e. The van der Waals surface area contributed by atoms with Gasteiger partial charge in [-0.15, -0.1) is 0 Å². The van der Waals surface area contributed by atoms with E-state index in [9.17, 15) is 38.4 Å². The zero-order valence-electron chi connectivity index (χ0n) is 39.9. The van der Waals surface area contributed by atoms with Crippen molar-refractivity contribution in [3.8, 4) is 0 Å². The number of nitrogens with one attached hydrogen (secondary N) is 9. The number of methoxy groups -OCH3 is 1. The molecule has 1 aromatic heterocycles. The number of nitrogens with two attached hydrogens (primary N) is 1. The summed E-state index contributed by atoms with van der Waals surface area (Å²) in [6, 6.07) is 9.87. The number of H-pyrrole nitrogens is 1. The zero-order chi connectivity index (χ0) is 50.0. The van der Waals surface area contributed by atoms with Crippen LogP contribution in [0, 0.1) is 11.3 Å². The van der Waals surface area contributed by atoms with Gasteiger partial charge in [-0.05, 0) is 68.1 Å². The number of rotatable bonds is 16. The van der Waals surface area contributed by atoms with Crippen molar-refractivity contribution in [2.24, 2.45) is 11.7 Å². The van der Waals surface area contributed by atoms with Crippen molar-refractivity contribution in [2.45, 2.75) is 139 Å². The zero-order valence-corrected chi connectivity index (χ0v) is 39.9. The summed E-state index contributed by atoms with van der Waals surface area (Å²) in [6.45, 7) is 0.464. The normalized spacial score (nSPS) is 22.5. The molecule has 3 aliphatic rings. The molecule has 3 heterocycles. The Labute approximate surface area is 408 Å². The quantitative estimate of drug-likeness (QED) is 0.0424. The van der Waals surface area contributed by atoms with E-state index in [1.165, 1.54) is 12.0 Å². The number of para-hydroxylation sites is 1. The standard InChI is InChI=1S/C50H69N11O9/c1-70-43(63)23-22-42(62)56-38(27-31-13-4-2-5-14-31)45(65)58-37-20-11-24-53-44(64)36(19-10-25-54-50(51)52)57-47(67)40(29-33-30-55-35-18-9-8-17-34(33)35)59-46(66)39(28-32-15-6-3-7-16-32)60-48(68)41-21-12-26-61(41)49(37)69/h2,4-5,8-9,13-14,17-18,30,32,36-41,55H,3,6-7,10-12,15-16,19-29H2,1H3,(H,53,64)(H,56,62)(H,57,67)(H,58,65)(H,59,66)(H,60,68)(H4,51,52,54)/t36?,37-,38-,39+,40?,41?/m0/s1. The van der Waals surface area contributed by atoms with E-state index in [0.717, 1.165) is 54.1 Å². The number of benzene rings is 2. The van der Waals surface area contributed by atoms with Gasteiger partial charge in [0, 0.05) is 56.0 Å². The van der Waals surface area contributed by atoms with Crippen LogP contribution < -0.4 is 43.0 Å². The number of amides is 7. The Hall–Kier alpha value is -6.99. The lowest BCUT2D eigenvalue weighted by Crippen LogP contribution is -2.60. The number of aromatic nitrogens is 1. The van der Waals surface area contributed by atoms with E-state index in [-0.39, 0.29) is 76.5 Å². The molecule has 3 aromatic rings. The van der Waals surface area contributed by atoms with Crippen LogP contribution in [0.1, 0.15) is 101 Å². The minimum atomic E-state index is -1.21. The highest BCUT2D eigenvalue weighted by Crippen LogP contribution is 2.28. The van der Waals surface area contributed by atoms with Crippen molar-refractivity contribution in [2.75, 3.05) is 26.7 Å². The third-order valence-corrected chi connectivity index (χ3v) is 13.4. The summed E-state index contributed by atoms with van der Waals surface area (Å²) < 4.78 is 4.68. The summed E-state index contributed by atoms with van der Waals surface area (Å²) in [5, 5.41) is 28.4. The minimum Gasteiger partial charge on any atom is -0.469 e. The first-order chi connectivity index (χ1) is 33.8. The number of nitrogens with zero attached hydrogens (tertiary/aromatic N) is 1. The highest BCUT2D eigenvalue weighted by molar-refractivity contribution is 5.98. The van der Waals surface area contributed by atoms with Gasteiger partial charge >= 0.3 is 5.97 Å². The number of hydrogen-bond acceptors (Lipinski definition) is 10. The fourth-order valence-electron chi connectivity index (χ4n) is 9.65. The molecule has 378 valence electrons. The van der Waals surface area contributed by atoms with Crippen LogP contribution in [0.2, 0.25) is 0 Å². The average molecular weight is 968 g/mol. The van der Waals surface area contributed by atoms with Crippen LogP contribution in [-0.2, 0) is 55.9 Å². The number of hydrogen-bond donors (Lipinski definition) is 10. The molecule has 20 heteroatoms. The molecule has 3 unspecified atom stereocenters. The molecule has 20 nitrogen and oxygen atoms in total. The van der Waals surface area contributed by atoms with Gasteiger partial charge < -0.3 is 57.6 Å². The third-order valence-electron chi connectivity index (χ3n) is 13.4. The summed E-state index contributed by atoms with van der Waals surface area (Å²) >= 11 is 0. The number of esters is 1. The fourth-order valence-corrected chi connectivity index (χ4v) is 9.65. The van der Waals surface area contributed by atoms with Gasteiger partial charge in [0.1, 0.15) is 36.3 Å². The first-order valence-electron chi connectivity index (χ1n) is 24.6. The molecule has 3 fully saturated rings. The van der Waals surface area contributed by atoms with Gasteiger partial charge in [0.15, 0.2) is 5.96 Å². The molecule has 11 N–H and O–H groups in total. The molecule has 2 aromatic carbocycles. The van der Waals surface area contributed by atoms with Crippen LogP contribution in [0.25, 0.3) is 10.9 Å². The molecule has 6 atom stereocenters. The second-order valence-electron chi connectivity index (χ2n) is 18.5. The molecular formula is C50H69N11O9. The van der Waals surface area contributed by atoms with Crippen LogP contribution in [0.3, 0.4) is 0 Å². The second kappa shape index (κ2) is 26.1. The van der Waals surface area contributed by atoms with Crippen LogP contribution in [0.4, 0.5) is 0 Å². The predicted octanol–water partition coefficient (Wildman–Crippen LogP) is 1.46. The first kappa shape index (κ1) is 52.4. The second-order valence-corrected chi connectivity index (χ2v) is 18.5. The summed E-state index contributed by atoms with van der Waals surface area (Å²) in [5.74, 6) is -4.76. The number of ether oxygens (including phenoxy) is 1. The minimum absolute atomic E-state index is 0.0169. The van der Waals surface area contributed by atoms with E-state index in [2.05, 4.69) is 46.9 Å².